The van der Waals surface area contributed by atoms with Crippen molar-refractivity contribution in [1.82, 2.24) is 0 Å². The van der Waals surface area contributed by atoms with Crippen LogP contribution in [-0.2, 0) is 33.1 Å². The summed E-state index contributed by atoms with van der Waals surface area (Å²) in [7, 11) is 0. The average molecular weight is 816 g/mol. The Morgan fingerprint density at radius 3 is 1.65 bits per heavy atom. The average Bonchev–Trinajstić information content (AvgIpc) is 3.80. The van der Waals surface area contributed by atoms with E-state index in [2.05, 4.69) is 173 Å². The molecule has 0 heterocycles. The van der Waals surface area contributed by atoms with E-state index in [-0.39, 0.29) is 0 Å². The van der Waals surface area contributed by atoms with Gasteiger partial charge in [0.15, 0.2) is 0 Å². The summed E-state index contributed by atoms with van der Waals surface area (Å²) in [4.78, 5) is 0. The molecule has 0 aromatic heterocycles. The monoisotopic (exact) mass is 814 g/mol. The molecule has 8 aromatic carbocycles. The van der Waals surface area contributed by atoms with E-state index < -0.39 is 20.3 Å². The van der Waals surface area contributed by atoms with Gasteiger partial charge in [0.05, 0.1) is 0 Å². The molecule has 0 N–H and O–H groups in total. The molecule has 2 aliphatic carbocycles. The first-order valence-corrected chi connectivity index (χ1v) is 27.4. The van der Waals surface area contributed by atoms with Crippen molar-refractivity contribution in [3.63, 3.8) is 0 Å². The second-order valence-corrected chi connectivity index (χ2v) is 27.3. The third-order valence-corrected chi connectivity index (χ3v) is 27.3. The van der Waals surface area contributed by atoms with Crippen molar-refractivity contribution in [3.05, 3.63) is 179 Å². The molecule has 2 aliphatic rings. The fraction of sp³-hybridized carbons (Fsp3) is 0.214. The van der Waals surface area contributed by atoms with Crippen LogP contribution in [0.5, 0.6) is 0 Å². The van der Waals surface area contributed by atoms with Crippen LogP contribution in [0, 0.1) is 13.8 Å². The van der Waals surface area contributed by atoms with Gasteiger partial charge >= 0.3 is 346 Å². The molecule has 1 heteroatoms. The van der Waals surface area contributed by atoms with Crippen molar-refractivity contribution in [1.29, 1.82) is 0 Å². The van der Waals surface area contributed by atoms with E-state index in [0.29, 0.717) is 0 Å². The number of benzene rings is 8. The molecule has 0 amide bonds. The van der Waals surface area contributed by atoms with Gasteiger partial charge in [0.1, 0.15) is 0 Å². The molecule has 8 aromatic rings. The van der Waals surface area contributed by atoms with Gasteiger partial charge in [0.25, 0.3) is 0 Å². The minimum atomic E-state index is -3.65. The van der Waals surface area contributed by atoms with E-state index >= 15 is 0 Å². The first-order valence-electron chi connectivity index (χ1n) is 21.5. The topological polar surface area (TPSA) is 0 Å². The molecule has 280 valence electrons. The molecule has 0 bridgehead atoms. The summed E-state index contributed by atoms with van der Waals surface area (Å²) in [6.45, 7) is 9.57. The van der Waals surface area contributed by atoms with Gasteiger partial charge in [-0.1, -0.05) is 0 Å². The van der Waals surface area contributed by atoms with Crippen LogP contribution in [0.3, 0.4) is 0 Å². The fourth-order valence-electron chi connectivity index (χ4n) is 11.0. The van der Waals surface area contributed by atoms with Crippen molar-refractivity contribution in [2.45, 2.75) is 74.5 Å². The Balaban J connectivity index is 1.26. The molecule has 0 saturated heterocycles. The Morgan fingerprint density at radius 1 is 0.439 bits per heavy atom. The van der Waals surface area contributed by atoms with E-state index in [4.69, 9.17) is 0 Å². The number of unbranched alkanes of at least 4 members (excludes halogenated alkanes) is 2. The molecule has 0 unspecified atom stereocenters. The standard InChI is InChI=1S/C33H21.C15H13.2C4H9.Zr/c1-3-11-28-22(7-1)9-5-13-30(28)24-15-17-32-26(19-24)21-27-20-25(16-18-33(27)32)31-14-6-10-23-8-2-4-12-29(23)31;1-10-3-5-14-12(7-10)9-13-8-11(2)4-6-15(13)14;2*1-3-4-2;/h1-19H,21H2;3-7H,9H2,1-2H3;2*1,3-4H2,2H3;. The SMILES string of the molecule is CCC[CH2][Zr]([CH2]CCC)([c]1c(C)ccc2c1Cc1cc(C)ccc1-2)[c]1c(-c2cccc3ccccc23)ccc2c1Cc1cc(-c3cccc4ccccc34)ccc1-2. The quantitative estimate of drug-likeness (QED) is 0.129. The molecular formula is C56H52Zr. The summed E-state index contributed by atoms with van der Waals surface area (Å²) >= 11 is -3.65. The van der Waals surface area contributed by atoms with Crippen molar-refractivity contribution in [2.24, 2.45) is 0 Å². The normalized spacial score (nSPS) is 12.8. The number of aryl methyl sites for hydroxylation is 2. The zero-order chi connectivity index (χ0) is 38.7. The zero-order valence-corrected chi connectivity index (χ0v) is 36.5. The number of hydrogen-bond donors (Lipinski definition) is 0. The zero-order valence-electron chi connectivity index (χ0n) is 34.0. The molecular weight excluding hydrogens is 764 g/mol. The van der Waals surface area contributed by atoms with E-state index in [1.807, 2.05) is 3.27 Å². The van der Waals surface area contributed by atoms with Crippen LogP contribution in [0.2, 0.25) is 8.26 Å². The van der Waals surface area contributed by atoms with Crippen molar-refractivity contribution < 1.29 is 20.3 Å². The molecule has 10 rings (SSSR count). The maximum absolute atomic E-state index is 3.65. The summed E-state index contributed by atoms with van der Waals surface area (Å²) in [5, 5.41) is 5.33. The Bertz CT molecular complexity index is 2840. The summed E-state index contributed by atoms with van der Waals surface area (Å²) in [5.41, 5.74) is 20.7. The molecule has 0 aliphatic heterocycles. The van der Waals surface area contributed by atoms with Crippen LogP contribution >= 0.6 is 0 Å². The van der Waals surface area contributed by atoms with Gasteiger partial charge in [-0.15, -0.1) is 0 Å². The van der Waals surface area contributed by atoms with E-state index in [1.165, 1.54) is 122 Å². The first-order chi connectivity index (χ1) is 28.0. The Morgan fingerprint density at radius 2 is 0.965 bits per heavy atom. The molecule has 0 radical (unpaired) electrons. The van der Waals surface area contributed by atoms with Gasteiger partial charge in [0.2, 0.25) is 0 Å². The van der Waals surface area contributed by atoms with E-state index in [0.717, 1.165) is 12.8 Å². The molecule has 0 spiro atoms. The van der Waals surface area contributed by atoms with Gasteiger partial charge in [-0.2, -0.15) is 0 Å². The molecule has 0 nitrogen and oxygen atoms in total. The predicted molar refractivity (Wildman–Crippen MR) is 243 cm³/mol. The van der Waals surface area contributed by atoms with Crippen LogP contribution in [0.15, 0.2) is 146 Å². The summed E-state index contributed by atoms with van der Waals surface area (Å²) < 4.78 is 6.32. The third-order valence-electron chi connectivity index (χ3n) is 13.6. The number of fused-ring (bicyclic) bond motifs is 8. The van der Waals surface area contributed by atoms with Crippen molar-refractivity contribution >= 4 is 28.1 Å². The minimum absolute atomic E-state index is 1.00. The second kappa shape index (κ2) is 14.8. The summed E-state index contributed by atoms with van der Waals surface area (Å²) in [6, 6.07) is 56.4. The van der Waals surface area contributed by atoms with Gasteiger partial charge < -0.3 is 0 Å². The van der Waals surface area contributed by atoms with Crippen molar-refractivity contribution in [3.8, 4) is 44.5 Å². The molecule has 0 atom stereocenters. The van der Waals surface area contributed by atoms with Crippen LogP contribution in [0.25, 0.3) is 66.1 Å². The number of hydrogen-bond acceptors (Lipinski definition) is 0. The fourth-order valence-corrected chi connectivity index (χ4v) is 27.2. The Labute approximate surface area is 344 Å². The Hall–Kier alpha value is -4.84. The number of rotatable bonds is 10. The van der Waals surface area contributed by atoms with Crippen molar-refractivity contribution in [2.75, 3.05) is 0 Å². The second-order valence-electron chi connectivity index (χ2n) is 17.0. The van der Waals surface area contributed by atoms with E-state index in [9.17, 15) is 0 Å². The molecule has 0 saturated carbocycles. The first kappa shape index (κ1) is 36.5. The maximum atomic E-state index is 2.57. The Kier molecular flexibility index (Phi) is 9.50. The van der Waals surface area contributed by atoms with Crippen LogP contribution in [-0.4, -0.2) is 0 Å². The van der Waals surface area contributed by atoms with E-state index in [1.54, 1.807) is 14.4 Å². The van der Waals surface area contributed by atoms with Gasteiger partial charge in [-0.25, -0.2) is 0 Å². The van der Waals surface area contributed by atoms with Gasteiger partial charge in [-0.05, 0) is 0 Å². The van der Waals surface area contributed by atoms with Crippen LogP contribution in [0.4, 0.5) is 0 Å². The third kappa shape index (κ3) is 6.03. The van der Waals surface area contributed by atoms with Crippen LogP contribution < -0.4 is 6.54 Å². The van der Waals surface area contributed by atoms with Crippen LogP contribution in [0.1, 0.15) is 72.9 Å². The molecule has 57 heavy (non-hydrogen) atoms. The van der Waals surface area contributed by atoms with Gasteiger partial charge in [-0.3, -0.25) is 0 Å². The van der Waals surface area contributed by atoms with Gasteiger partial charge in [0, 0.05) is 0 Å². The summed E-state index contributed by atoms with van der Waals surface area (Å²) in [6.07, 6.45) is 7.09. The molecule has 0 fully saturated rings. The summed E-state index contributed by atoms with van der Waals surface area (Å²) in [5.74, 6) is 0. The predicted octanol–water partition coefficient (Wildman–Crippen LogP) is 14.6.